The Morgan fingerprint density at radius 3 is 2.17 bits per heavy atom. The van der Waals surface area contributed by atoms with Gasteiger partial charge in [-0.25, -0.2) is 0 Å². The molecule has 0 bridgehead atoms. The highest BCUT2D eigenvalue weighted by molar-refractivity contribution is 6.08. The van der Waals surface area contributed by atoms with Gasteiger partial charge in [0.25, 0.3) is 5.91 Å². The zero-order chi connectivity index (χ0) is 16.2. The Kier molecular flexibility index (Phi) is 4.06. The zero-order valence-electron chi connectivity index (χ0n) is 12.6. The zero-order valence-corrected chi connectivity index (χ0v) is 12.6. The highest BCUT2D eigenvalue weighted by Crippen LogP contribution is 2.16. The molecule has 114 valence electrons. The van der Waals surface area contributed by atoms with Gasteiger partial charge in [0.1, 0.15) is 0 Å². The molecule has 4 nitrogen and oxygen atoms in total. The van der Waals surface area contributed by atoms with Crippen LogP contribution in [-0.2, 0) is 0 Å². The van der Waals surface area contributed by atoms with Crippen molar-refractivity contribution in [2.45, 2.75) is 6.92 Å². The number of ketones is 1. The molecule has 0 spiro atoms. The van der Waals surface area contributed by atoms with Gasteiger partial charge in [0.15, 0.2) is 11.5 Å². The number of hydrogen-bond acceptors (Lipinski definition) is 3. The Bertz CT molecular complexity index is 833. The first-order valence-electron chi connectivity index (χ1n) is 7.21. The van der Waals surface area contributed by atoms with Crippen molar-refractivity contribution in [3.05, 3.63) is 89.4 Å². The van der Waals surface area contributed by atoms with Gasteiger partial charge >= 0.3 is 0 Å². The lowest BCUT2D eigenvalue weighted by molar-refractivity contribution is 0.0979. The van der Waals surface area contributed by atoms with E-state index >= 15 is 0 Å². The number of amides is 1. The molecule has 1 amide bonds. The topological polar surface area (TPSA) is 59.3 Å². The summed E-state index contributed by atoms with van der Waals surface area (Å²) in [5.74, 6) is -0.393. The summed E-state index contributed by atoms with van der Waals surface area (Å²) < 4.78 is 5.40. The molecule has 1 heterocycles. The average molecular weight is 305 g/mol. The van der Waals surface area contributed by atoms with Crippen molar-refractivity contribution in [3.8, 4) is 0 Å². The molecule has 0 aliphatic heterocycles. The number of aryl methyl sites for hydroxylation is 1. The van der Waals surface area contributed by atoms with Gasteiger partial charge in [-0.05, 0) is 31.2 Å². The van der Waals surface area contributed by atoms with Crippen molar-refractivity contribution in [3.63, 3.8) is 0 Å². The third-order valence-electron chi connectivity index (χ3n) is 3.40. The number of furan rings is 1. The van der Waals surface area contributed by atoms with E-state index in [0.29, 0.717) is 11.3 Å². The van der Waals surface area contributed by atoms with Crippen LogP contribution in [0, 0.1) is 6.92 Å². The molecule has 1 aromatic heterocycles. The molecule has 4 heteroatoms. The summed E-state index contributed by atoms with van der Waals surface area (Å²) in [4.78, 5) is 24.4. The smallest absolute Gasteiger partial charge is 0.291 e. The number of anilines is 1. The van der Waals surface area contributed by atoms with Gasteiger partial charge < -0.3 is 9.73 Å². The van der Waals surface area contributed by atoms with Crippen molar-refractivity contribution in [1.29, 1.82) is 0 Å². The van der Waals surface area contributed by atoms with Crippen LogP contribution in [0.2, 0.25) is 0 Å². The molecule has 23 heavy (non-hydrogen) atoms. The Hall–Kier alpha value is -3.14. The van der Waals surface area contributed by atoms with Crippen LogP contribution in [0.3, 0.4) is 0 Å². The first kappa shape index (κ1) is 14.8. The van der Waals surface area contributed by atoms with E-state index in [9.17, 15) is 9.59 Å². The van der Waals surface area contributed by atoms with Gasteiger partial charge in [0.2, 0.25) is 5.78 Å². The summed E-state index contributed by atoms with van der Waals surface area (Å²) >= 11 is 0. The number of benzene rings is 2. The van der Waals surface area contributed by atoms with Crippen LogP contribution >= 0.6 is 0 Å². The van der Waals surface area contributed by atoms with Crippen LogP contribution in [-0.4, -0.2) is 11.7 Å². The van der Waals surface area contributed by atoms with Crippen molar-refractivity contribution < 1.29 is 14.0 Å². The van der Waals surface area contributed by atoms with Crippen molar-refractivity contribution in [2.75, 3.05) is 5.32 Å². The minimum atomic E-state index is -0.388. The van der Waals surface area contributed by atoms with E-state index in [1.807, 2.05) is 37.3 Å². The highest BCUT2D eigenvalue weighted by atomic mass is 16.4. The maximum atomic E-state index is 12.3. The van der Waals surface area contributed by atoms with Crippen LogP contribution < -0.4 is 5.32 Å². The molecule has 0 unspecified atom stereocenters. The van der Waals surface area contributed by atoms with Crippen molar-refractivity contribution in [1.82, 2.24) is 0 Å². The summed E-state index contributed by atoms with van der Waals surface area (Å²) in [7, 11) is 0. The summed E-state index contributed by atoms with van der Waals surface area (Å²) in [6.07, 6.45) is 0. The van der Waals surface area contributed by atoms with Gasteiger partial charge in [0.05, 0.1) is 0 Å². The van der Waals surface area contributed by atoms with Crippen LogP contribution in [0.25, 0.3) is 0 Å². The minimum absolute atomic E-state index is 0.102. The van der Waals surface area contributed by atoms with E-state index in [1.54, 1.807) is 24.3 Å². The van der Waals surface area contributed by atoms with Gasteiger partial charge in [0, 0.05) is 11.3 Å². The monoisotopic (exact) mass is 305 g/mol. The van der Waals surface area contributed by atoms with Crippen LogP contribution in [0.15, 0.2) is 71.1 Å². The molecule has 2 aromatic carbocycles. The largest absolute Gasteiger partial charge is 0.447 e. The average Bonchev–Trinajstić information content (AvgIpc) is 3.07. The number of nitrogens with one attached hydrogen (secondary N) is 1. The SMILES string of the molecule is Cc1ccc(NC(=O)c2ccc(C(=O)c3ccccc3)o2)cc1. The third kappa shape index (κ3) is 3.37. The van der Waals surface area contributed by atoms with Gasteiger partial charge in [-0.1, -0.05) is 48.0 Å². The Morgan fingerprint density at radius 1 is 0.826 bits per heavy atom. The maximum absolute atomic E-state index is 12.3. The molecule has 3 rings (SSSR count). The summed E-state index contributed by atoms with van der Waals surface area (Å²) in [5, 5.41) is 2.73. The quantitative estimate of drug-likeness (QED) is 0.739. The number of carbonyl (C=O) groups excluding carboxylic acids is 2. The highest BCUT2D eigenvalue weighted by Gasteiger charge is 2.17. The lowest BCUT2D eigenvalue weighted by Crippen LogP contribution is -2.10. The fourth-order valence-electron chi connectivity index (χ4n) is 2.14. The fourth-order valence-corrected chi connectivity index (χ4v) is 2.14. The first-order valence-corrected chi connectivity index (χ1v) is 7.21. The van der Waals surface area contributed by atoms with E-state index in [2.05, 4.69) is 5.32 Å². The van der Waals surface area contributed by atoms with Gasteiger partial charge in [-0.15, -0.1) is 0 Å². The standard InChI is InChI=1S/C19H15NO3/c1-13-7-9-15(10-8-13)20-19(22)17-12-11-16(23-17)18(21)14-5-3-2-4-6-14/h2-12H,1H3,(H,20,22). The Morgan fingerprint density at radius 2 is 1.48 bits per heavy atom. The molecule has 0 saturated heterocycles. The van der Waals surface area contributed by atoms with E-state index in [1.165, 1.54) is 12.1 Å². The normalized spacial score (nSPS) is 10.3. The third-order valence-corrected chi connectivity index (χ3v) is 3.40. The van der Waals surface area contributed by atoms with Crippen molar-refractivity contribution in [2.24, 2.45) is 0 Å². The molecule has 0 aliphatic carbocycles. The Labute approximate surface area is 133 Å². The Balaban J connectivity index is 1.75. The molecular weight excluding hydrogens is 290 g/mol. The summed E-state index contributed by atoms with van der Waals surface area (Å²) in [6.45, 7) is 1.97. The fraction of sp³-hybridized carbons (Fsp3) is 0.0526. The van der Waals surface area contributed by atoms with Crippen molar-refractivity contribution >= 4 is 17.4 Å². The molecule has 0 fully saturated rings. The van der Waals surface area contributed by atoms with E-state index in [4.69, 9.17) is 4.42 Å². The molecule has 0 atom stereocenters. The number of rotatable bonds is 4. The van der Waals surface area contributed by atoms with Crippen LogP contribution in [0.4, 0.5) is 5.69 Å². The second-order valence-electron chi connectivity index (χ2n) is 5.18. The van der Waals surface area contributed by atoms with E-state index in [-0.39, 0.29) is 23.2 Å². The lowest BCUT2D eigenvalue weighted by Gasteiger charge is -2.03. The second-order valence-corrected chi connectivity index (χ2v) is 5.18. The van der Waals surface area contributed by atoms with E-state index in [0.717, 1.165) is 5.56 Å². The van der Waals surface area contributed by atoms with Gasteiger partial charge in [-0.3, -0.25) is 9.59 Å². The van der Waals surface area contributed by atoms with Crippen LogP contribution in [0.1, 0.15) is 32.2 Å². The predicted octanol–water partition coefficient (Wildman–Crippen LogP) is 4.07. The van der Waals surface area contributed by atoms with Gasteiger partial charge in [-0.2, -0.15) is 0 Å². The number of hydrogen-bond donors (Lipinski definition) is 1. The summed E-state index contributed by atoms with van der Waals surface area (Å²) in [5.41, 5.74) is 2.30. The second kappa shape index (κ2) is 6.32. The molecule has 0 radical (unpaired) electrons. The molecule has 0 aliphatic rings. The minimum Gasteiger partial charge on any atom is -0.447 e. The molecule has 1 N–H and O–H groups in total. The molecular formula is C19H15NO3. The van der Waals surface area contributed by atoms with Crippen LogP contribution in [0.5, 0.6) is 0 Å². The first-order chi connectivity index (χ1) is 11.1. The molecule has 3 aromatic rings. The predicted molar refractivity (Wildman–Crippen MR) is 87.7 cm³/mol. The number of carbonyl (C=O) groups is 2. The van der Waals surface area contributed by atoms with E-state index < -0.39 is 0 Å². The lowest BCUT2D eigenvalue weighted by atomic mass is 10.1. The molecule has 0 saturated carbocycles. The maximum Gasteiger partial charge on any atom is 0.291 e. The summed E-state index contributed by atoms with van der Waals surface area (Å²) in [6, 6.07) is 19.2.